The Balaban J connectivity index is 2.69. The van der Waals surface area contributed by atoms with Crippen LogP contribution in [-0.2, 0) is 0 Å². The monoisotopic (exact) mass is 107 g/mol. The molecule has 1 rings (SSSR count). The molecule has 0 saturated heterocycles. The van der Waals surface area contributed by atoms with Crippen LogP contribution in [-0.4, -0.2) is 12.8 Å². The van der Waals surface area contributed by atoms with Gasteiger partial charge in [0.25, 0.3) is 0 Å². The fourth-order valence-electron chi connectivity index (χ4n) is 0.581. The van der Waals surface area contributed by atoms with Crippen LogP contribution in [0.25, 0.3) is 0 Å². The SMILES string of the molecule is CC1=CCN=CC=C1. The van der Waals surface area contributed by atoms with E-state index in [1.807, 2.05) is 12.3 Å². The predicted molar refractivity (Wildman–Crippen MR) is 36.3 cm³/mol. The van der Waals surface area contributed by atoms with E-state index in [9.17, 15) is 0 Å². The standard InChI is InChI=1S/C7H9N/c1-7-3-2-5-8-6-4-7/h2-5H,6H2,1H3. The molecule has 0 atom stereocenters. The molecule has 1 heteroatoms. The van der Waals surface area contributed by atoms with Crippen molar-refractivity contribution in [3.63, 3.8) is 0 Å². The second-order valence-corrected chi connectivity index (χ2v) is 1.82. The molecule has 0 aromatic carbocycles. The topological polar surface area (TPSA) is 12.4 Å². The van der Waals surface area contributed by atoms with Crippen LogP contribution in [0.1, 0.15) is 6.92 Å². The Bertz CT molecular complexity index is 149. The molecule has 0 spiro atoms. The third-order valence-corrected chi connectivity index (χ3v) is 1.07. The maximum Gasteiger partial charge on any atom is 0.0575 e. The molecule has 0 aromatic rings. The first kappa shape index (κ1) is 5.29. The minimum Gasteiger partial charge on any atom is -0.289 e. The normalized spacial score (nSPS) is 17.9. The highest BCUT2D eigenvalue weighted by Gasteiger charge is 1.81. The largest absolute Gasteiger partial charge is 0.289 e. The molecule has 0 radical (unpaired) electrons. The van der Waals surface area contributed by atoms with Crippen molar-refractivity contribution in [2.24, 2.45) is 4.99 Å². The van der Waals surface area contributed by atoms with Gasteiger partial charge in [-0.25, -0.2) is 0 Å². The van der Waals surface area contributed by atoms with Crippen molar-refractivity contribution in [3.05, 3.63) is 23.8 Å². The summed E-state index contributed by atoms with van der Waals surface area (Å²) < 4.78 is 0. The summed E-state index contributed by atoms with van der Waals surface area (Å²) in [7, 11) is 0. The number of hydrogen-bond acceptors (Lipinski definition) is 1. The Morgan fingerprint density at radius 1 is 1.62 bits per heavy atom. The molecule has 0 saturated carbocycles. The lowest BCUT2D eigenvalue weighted by atomic mass is 10.3. The fraction of sp³-hybridized carbons (Fsp3) is 0.286. The van der Waals surface area contributed by atoms with Crippen molar-refractivity contribution < 1.29 is 0 Å². The third kappa shape index (κ3) is 1.34. The van der Waals surface area contributed by atoms with Crippen LogP contribution in [0, 0.1) is 0 Å². The molecule has 0 amide bonds. The van der Waals surface area contributed by atoms with Gasteiger partial charge < -0.3 is 0 Å². The van der Waals surface area contributed by atoms with Crippen molar-refractivity contribution in [2.75, 3.05) is 6.54 Å². The summed E-state index contributed by atoms with van der Waals surface area (Å²) in [6.07, 6.45) is 7.93. The van der Waals surface area contributed by atoms with Gasteiger partial charge in [-0.3, -0.25) is 4.99 Å². The predicted octanol–water partition coefficient (Wildman–Crippen LogP) is 1.57. The van der Waals surface area contributed by atoms with Crippen molar-refractivity contribution in [1.82, 2.24) is 0 Å². The number of aliphatic imine (C=N–C) groups is 1. The summed E-state index contributed by atoms with van der Waals surface area (Å²) >= 11 is 0. The fourth-order valence-corrected chi connectivity index (χ4v) is 0.581. The van der Waals surface area contributed by atoms with Crippen LogP contribution < -0.4 is 0 Å². The van der Waals surface area contributed by atoms with E-state index in [-0.39, 0.29) is 0 Å². The summed E-state index contributed by atoms with van der Waals surface area (Å²) in [6, 6.07) is 0. The first-order valence-corrected chi connectivity index (χ1v) is 2.73. The number of allylic oxidation sites excluding steroid dienone is 3. The van der Waals surface area contributed by atoms with Crippen LogP contribution >= 0.6 is 0 Å². The van der Waals surface area contributed by atoms with Crippen molar-refractivity contribution in [2.45, 2.75) is 6.92 Å². The first-order valence-electron chi connectivity index (χ1n) is 2.73. The Labute approximate surface area is 49.4 Å². The highest BCUT2D eigenvalue weighted by atomic mass is 14.7. The lowest BCUT2D eigenvalue weighted by Gasteiger charge is -1.82. The van der Waals surface area contributed by atoms with E-state index < -0.39 is 0 Å². The molecule has 0 aromatic heterocycles. The molecule has 0 aliphatic carbocycles. The Hall–Kier alpha value is -0.850. The van der Waals surface area contributed by atoms with E-state index in [1.165, 1.54) is 5.57 Å². The average Bonchev–Trinajstić information content (AvgIpc) is 1.94. The molecule has 1 nitrogen and oxygen atoms in total. The molecule has 0 unspecified atom stereocenters. The quantitative estimate of drug-likeness (QED) is 0.445. The van der Waals surface area contributed by atoms with Gasteiger partial charge in [-0.15, -0.1) is 0 Å². The van der Waals surface area contributed by atoms with E-state index in [0.29, 0.717) is 0 Å². The van der Waals surface area contributed by atoms with Gasteiger partial charge in [0.1, 0.15) is 0 Å². The Morgan fingerprint density at radius 3 is 3.38 bits per heavy atom. The lowest BCUT2D eigenvalue weighted by molar-refractivity contribution is 1.24. The maximum atomic E-state index is 4.03. The van der Waals surface area contributed by atoms with E-state index in [2.05, 4.69) is 24.1 Å². The van der Waals surface area contributed by atoms with Crippen molar-refractivity contribution in [1.29, 1.82) is 0 Å². The number of rotatable bonds is 0. The van der Waals surface area contributed by atoms with E-state index in [0.717, 1.165) is 6.54 Å². The summed E-state index contributed by atoms with van der Waals surface area (Å²) in [6.45, 7) is 2.91. The molecular formula is C7H9N. The van der Waals surface area contributed by atoms with Crippen LogP contribution in [0.4, 0.5) is 0 Å². The van der Waals surface area contributed by atoms with E-state index >= 15 is 0 Å². The minimum atomic E-state index is 0.832. The maximum absolute atomic E-state index is 4.03. The molecule has 1 aliphatic heterocycles. The zero-order chi connectivity index (χ0) is 5.82. The van der Waals surface area contributed by atoms with Crippen LogP contribution in [0.3, 0.4) is 0 Å². The van der Waals surface area contributed by atoms with Gasteiger partial charge in [-0.1, -0.05) is 17.7 Å². The first-order chi connectivity index (χ1) is 3.89. The zero-order valence-electron chi connectivity index (χ0n) is 4.96. The third-order valence-electron chi connectivity index (χ3n) is 1.07. The van der Waals surface area contributed by atoms with Gasteiger partial charge in [-0.2, -0.15) is 0 Å². The van der Waals surface area contributed by atoms with Crippen LogP contribution in [0.5, 0.6) is 0 Å². The average molecular weight is 107 g/mol. The second-order valence-electron chi connectivity index (χ2n) is 1.82. The summed E-state index contributed by atoms with van der Waals surface area (Å²) in [5.41, 5.74) is 1.29. The van der Waals surface area contributed by atoms with Crippen LogP contribution in [0.15, 0.2) is 28.8 Å². The molecule has 0 bridgehead atoms. The number of hydrogen-bond donors (Lipinski definition) is 0. The Morgan fingerprint density at radius 2 is 2.50 bits per heavy atom. The van der Waals surface area contributed by atoms with Crippen molar-refractivity contribution >= 4 is 6.21 Å². The van der Waals surface area contributed by atoms with Crippen molar-refractivity contribution in [3.8, 4) is 0 Å². The van der Waals surface area contributed by atoms with Gasteiger partial charge in [0.2, 0.25) is 0 Å². The Kier molecular flexibility index (Phi) is 1.62. The minimum absolute atomic E-state index is 0.832. The lowest BCUT2D eigenvalue weighted by Crippen LogP contribution is -1.69. The van der Waals surface area contributed by atoms with E-state index in [4.69, 9.17) is 0 Å². The zero-order valence-corrected chi connectivity index (χ0v) is 4.96. The van der Waals surface area contributed by atoms with Crippen LogP contribution in [0.2, 0.25) is 0 Å². The van der Waals surface area contributed by atoms with Gasteiger partial charge in [-0.05, 0) is 13.0 Å². The molecule has 8 heavy (non-hydrogen) atoms. The molecule has 1 heterocycles. The summed E-state index contributed by atoms with van der Waals surface area (Å²) in [5, 5.41) is 0. The summed E-state index contributed by atoms with van der Waals surface area (Å²) in [5.74, 6) is 0. The molecular weight excluding hydrogens is 98.1 g/mol. The second kappa shape index (κ2) is 2.46. The molecule has 1 aliphatic rings. The highest BCUT2D eigenvalue weighted by molar-refractivity contribution is 5.72. The summed E-state index contributed by atoms with van der Waals surface area (Å²) in [4.78, 5) is 4.03. The van der Waals surface area contributed by atoms with Gasteiger partial charge in [0.05, 0.1) is 6.54 Å². The van der Waals surface area contributed by atoms with E-state index in [1.54, 1.807) is 0 Å². The number of nitrogens with zero attached hydrogens (tertiary/aromatic N) is 1. The molecule has 0 fully saturated rings. The molecule has 0 N–H and O–H groups in total. The van der Waals surface area contributed by atoms with Gasteiger partial charge >= 0.3 is 0 Å². The highest BCUT2D eigenvalue weighted by Crippen LogP contribution is 1.95. The van der Waals surface area contributed by atoms with Gasteiger partial charge in [0, 0.05) is 6.21 Å². The smallest absolute Gasteiger partial charge is 0.0575 e. The molecule has 42 valence electrons. The van der Waals surface area contributed by atoms with Gasteiger partial charge in [0.15, 0.2) is 0 Å².